The molecule has 1 aromatic carbocycles. The first-order valence-corrected chi connectivity index (χ1v) is 11.2. The topological polar surface area (TPSA) is 132 Å². The third kappa shape index (κ3) is 3.49. The highest BCUT2D eigenvalue weighted by molar-refractivity contribution is 7.12. The summed E-state index contributed by atoms with van der Waals surface area (Å²) >= 11 is 1.33. The zero-order valence-corrected chi connectivity index (χ0v) is 18.4. The number of carbonyl (C=O) groups is 1. The Kier molecular flexibility index (Phi) is 4.66. The van der Waals surface area contributed by atoms with E-state index in [2.05, 4.69) is 30.7 Å². The summed E-state index contributed by atoms with van der Waals surface area (Å²) in [6.07, 6.45) is 10.6. The van der Waals surface area contributed by atoms with E-state index < -0.39 is 0 Å². The van der Waals surface area contributed by atoms with Crippen LogP contribution in [-0.2, 0) is 0 Å². The number of aromatic nitrogens is 7. The number of nitrogens with zero attached hydrogens (tertiary/aromatic N) is 6. The molecular formula is C23H17N9OS. The van der Waals surface area contributed by atoms with Gasteiger partial charge in [-0.2, -0.15) is 10.2 Å². The number of nitrogens with two attached hydrogens (primary N) is 1. The van der Waals surface area contributed by atoms with Crippen LogP contribution in [-0.4, -0.2) is 40.5 Å². The maximum atomic E-state index is 12.9. The summed E-state index contributed by atoms with van der Waals surface area (Å²) in [7, 11) is 0. The summed E-state index contributed by atoms with van der Waals surface area (Å²) in [5, 5.41) is 20.3. The van der Waals surface area contributed by atoms with Crippen molar-refractivity contribution in [1.29, 1.82) is 0 Å². The zero-order valence-electron chi connectivity index (χ0n) is 17.6. The zero-order chi connectivity index (χ0) is 23.1. The summed E-state index contributed by atoms with van der Waals surface area (Å²) in [6.45, 7) is 0. The van der Waals surface area contributed by atoms with Crippen LogP contribution in [0.5, 0.6) is 0 Å². The second-order valence-corrected chi connectivity index (χ2v) is 8.43. The molecule has 0 aliphatic rings. The SMILES string of the molecule is Nc1cn(-c2ccccc2)nc1NC(=O)c1cc(-c2cnn3cc(-c4cn[nH]c4)cnc23)cs1. The normalized spacial score (nSPS) is 11.2. The molecule has 11 heteroatoms. The van der Waals surface area contributed by atoms with Gasteiger partial charge in [-0.05, 0) is 29.1 Å². The van der Waals surface area contributed by atoms with E-state index in [1.807, 2.05) is 48.0 Å². The number of nitrogen functional groups attached to an aromatic ring is 1. The molecule has 0 bridgehead atoms. The van der Waals surface area contributed by atoms with E-state index in [0.717, 1.165) is 27.9 Å². The molecule has 34 heavy (non-hydrogen) atoms. The third-order valence-corrected chi connectivity index (χ3v) is 6.25. The molecule has 0 atom stereocenters. The summed E-state index contributed by atoms with van der Waals surface area (Å²) in [5.41, 5.74) is 11.5. The van der Waals surface area contributed by atoms with Crippen LogP contribution in [0.3, 0.4) is 0 Å². The summed E-state index contributed by atoms with van der Waals surface area (Å²) in [5.74, 6) is 0.0289. The predicted octanol–water partition coefficient (Wildman–Crippen LogP) is 3.87. The van der Waals surface area contributed by atoms with Crippen molar-refractivity contribution in [3.63, 3.8) is 0 Å². The number of rotatable bonds is 5. The van der Waals surface area contributed by atoms with E-state index in [1.54, 1.807) is 40.2 Å². The number of H-pyrrole nitrogens is 1. The number of hydrogen-bond donors (Lipinski definition) is 3. The lowest BCUT2D eigenvalue weighted by Crippen LogP contribution is -2.12. The minimum Gasteiger partial charge on any atom is -0.394 e. The van der Waals surface area contributed by atoms with E-state index in [0.29, 0.717) is 22.0 Å². The van der Waals surface area contributed by atoms with Gasteiger partial charge in [-0.25, -0.2) is 14.2 Å². The Morgan fingerprint density at radius 2 is 1.94 bits per heavy atom. The number of para-hydroxylation sites is 1. The third-order valence-electron chi connectivity index (χ3n) is 5.32. The van der Waals surface area contributed by atoms with Crippen molar-refractivity contribution >= 4 is 34.4 Å². The second-order valence-electron chi connectivity index (χ2n) is 7.52. The standard InChI is InChI=1S/C23H17N9OS/c24-19-12-31(17-4-2-1-3-5-17)30-21(19)29-23(33)20-6-14(13-34-20)18-10-28-32-11-16(7-25-22(18)32)15-8-26-27-9-15/h1-13H,24H2,(H,26,27)(H,29,30,33). The fourth-order valence-corrected chi connectivity index (χ4v) is 4.40. The van der Waals surface area contributed by atoms with Crippen LogP contribution in [0.2, 0.25) is 0 Å². The van der Waals surface area contributed by atoms with Gasteiger partial charge >= 0.3 is 0 Å². The lowest BCUT2D eigenvalue weighted by Gasteiger charge is -2.01. The summed E-state index contributed by atoms with van der Waals surface area (Å²) in [4.78, 5) is 18.0. The monoisotopic (exact) mass is 467 g/mol. The Hall–Kier alpha value is -4.77. The Morgan fingerprint density at radius 3 is 2.76 bits per heavy atom. The van der Waals surface area contributed by atoms with Gasteiger partial charge in [0.05, 0.1) is 34.8 Å². The minimum atomic E-state index is -0.284. The average molecular weight is 468 g/mol. The first-order valence-electron chi connectivity index (χ1n) is 10.3. The molecule has 5 aromatic heterocycles. The van der Waals surface area contributed by atoms with E-state index in [9.17, 15) is 4.79 Å². The van der Waals surface area contributed by atoms with Crippen LogP contribution in [0.15, 0.2) is 79.0 Å². The fraction of sp³-hybridized carbons (Fsp3) is 0. The molecule has 0 radical (unpaired) electrons. The fourth-order valence-electron chi connectivity index (χ4n) is 3.60. The minimum absolute atomic E-state index is 0.284. The van der Waals surface area contributed by atoms with Gasteiger partial charge in [-0.15, -0.1) is 16.4 Å². The molecule has 1 amide bonds. The van der Waals surface area contributed by atoms with E-state index in [-0.39, 0.29) is 5.91 Å². The van der Waals surface area contributed by atoms with Gasteiger partial charge in [-0.1, -0.05) is 18.2 Å². The molecule has 0 aliphatic carbocycles. The highest BCUT2D eigenvalue weighted by Gasteiger charge is 2.17. The molecule has 0 aliphatic heterocycles. The molecule has 0 spiro atoms. The highest BCUT2D eigenvalue weighted by Crippen LogP contribution is 2.30. The Bertz CT molecular complexity index is 1610. The molecule has 6 rings (SSSR count). The van der Waals surface area contributed by atoms with Crippen molar-refractivity contribution in [2.75, 3.05) is 11.1 Å². The molecule has 0 saturated heterocycles. The molecule has 5 heterocycles. The van der Waals surface area contributed by atoms with E-state index in [4.69, 9.17) is 5.73 Å². The first-order chi connectivity index (χ1) is 16.7. The maximum absolute atomic E-state index is 12.9. The molecule has 0 unspecified atom stereocenters. The van der Waals surface area contributed by atoms with Gasteiger partial charge in [0.2, 0.25) is 0 Å². The van der Waals surface area contributed by atoms with Gasteiger partial charge in [-0.3, -0.25) is 9.89 Å². The van der Waals surface area contributed by atoms with Crippen LogP contribution < -0.4 is 11.1 Å². The van der Waals surface area contributed by atoms with Gasteiger partial charge in [0.25, 0.3) is 5.91 Å². The maximum Gasteiger partial charge on any atom is 0.267 e. The van der Waals surface area contributed by atoms with Gasteiger partial charge in [0.1, 0.15) is 0 Å². The number of anilines is 2. The quantitative estimate of drug-likeness (QED) is 0.353. The second kappa shape index (κ2) is 7.98. The summed E-state index contributed by atoms with van der Waals surface area (Å²) in [6, 6.07) is 11.4. The van der Waals surface area contributed by atoms with Gasteiger partial charge in [0.15, 0.2) is 11.5 Å². The van der Waals surface area contributed by atoms with Crippen molar-refractivity contribution in [3.05, 3.63) is 83.8 Å². The number of aromatic amines is 1. The Balaban J connectivity index is 1.24. The van der Waals surface area contributed by atoms with Crippen molar-refractivity contribution in [1.82, 2.24) is 34.6 Å². The number of benzene rings is 1. The van der Waals surface area contributed by atoms with Crippen molar-refractivity contribution in [3.8, 4) is 27.9 Å². The Labute approximate surface area is 196 Å². The van der Waals surface area contributed by atoms with E-state index in [1.165, 1.54) is 11.3 Å². The molecule has 166 valence electrons. The molecule has 6 aromatic rings. The van der Waals surface area contributed by atoms with Crippen LogP contribution in [0, 0.1) is 0 Å². The Morgan fingerprint density at radius 1 is 1.06 bits per heavy atom. The molecule has 0 saturated carbocycles. The predicted molar refractivity (Wildman–Crippen MR) is 130 cm³/mol. The van der Waals surface area contributed by atoms with Crippen LogP contribution in [0.4, 0.5) is 11.5 Å². The lowest BCUT2D eigenvalue weighted by atomic mass is 10.1. The lowest BCUT2D eigenvalue weighted by molar-refractivity contribution is 0.103. The van der Waals surface area contributed by atoms with Crippen molar-refractivity contribution < 1.29 is 4.79 Å². The molecule has 0 fully saturated rings. The van der Waals surface area contributed by atoms with Gasteiger partial charge < -0.3 is 11.1 Å². The molecular weight excluding hydrogens is 450 g/mol. The largest absolute Gasteiger partial charge is 0.394 e. The first kappa shape index (κ1) is 19.9. The van der Waals surface area contributed by atoms with Crippen LogP contribution in [0.25, 0.3) is 33.6 Å². The van der Waals surface area contributed by atoms with Crippen molar-refractivity contribution in [2.24, 2.45) is 0 Å². The molecule has 4 N–H and O–H groups in total. The number of fused-ring (bicyclic) bond motifs is 1. The number of thiophene rings is 1. The summed E-state index contributed by atoms with van der Waals surface area (Å²) < 4.78 is 3.35. The highest BCUT2D eigenvalue weighted by atomic mass is 32.1. The van der Waals surface area contributed by atoms with E-state index >= 15 is 0 Å². The number of nitrogens with one attached hydrogen (secondary N) is 2. The average Bonchev–Trinajstić information content (AvgIpc) is 3.66. The number of amides is 1. The smallest absolute Gasteiger partial charge is 0.267 e. The van der Waals surface area contributed by atoms with Crippen LogP contribution >= 0.6 is 11.3 Å². The van der Waals surface area contributed by atoms with Crippen LogP contribution in [0.1, 0.15) is 9.67 Å². The molecule has 10 nitrogen and oxygen atoms in total. The number of hydrogen-bond acceptors (Lipinski definition) is 7. The number of carbonyl (C=O) groups excluding carboxylic acids is 1. The van der Waals surface area contributed by atoms with Crippen molar-refractivity contribution in [2.45, 2.75) is 0 Å². The van der Waals surface area contributed by atoms with Gasteiger partial charge in [0, 0.05) is 35.3 Å².